The van der Waals surface area contributed by atoms with Crippen LogP contribution >= 0.6 is 0 Å². The molecule has 0 bridgehead atoms. The number of sulfonamides is 1. The van der Waals surface area contributed by atoms with Gasteiger partial charge in [-0.3, -0.25) is 9.89 Å². The van der Waals surface area contributed by atoms with Crippen molar-refractivity contribution in [2.45, 2.75) is 37.6 Å². The molecule has 2 aliphatic heterocycles. The molecule has 0 spiro atoms. The predicted octanol–water partition coefficient (Wildman–Crippen LogP) is -0.0653. The Balaban J connectivity index is 1.62. The molecule has 0 unspecified atom stereocenters. The fourth-order valence-electron chi connectivity index (χ4n) is 3.38. The molecule has 0 aromatic carbocycles. The van der Waals surface area contributed by atoms with E-state index >= 15 is 0 Å². The number of carbonyl (C=O) groups is 1. The van der Waals surface area contributed by atoms with Crippen LogP contribution in [0, 0.1) is 0 Å². The number of carbonyl (C=O) groups excluding carboxylic acids is 1. The standard InChI is InChI=1S/C13H21N5O3S/c1-22(20,21)18-6-2-3-11(18)13(19)17-7-4-10(5-8-17)12-14-9-15-16-12/h9-11H,2-8H2,1H3,(H,14,15,16)/t11-/m0/s1. The van der Waals surface area contributed by atoms with Crippen LogP contribution in [0.1, 0.15) is 37.4 Å². The number of rotatable bonds is 3. The summed E-state index contributed by atoms with van der Waals surface area (Å²) in [5.41, 5.74) is 0. The summed E-state index contributed by atoms with van der Waals surface area (Å²) in [6.07, 6.45) is 5.69. The molecule has 122 valence electrons. The van der Waals surface area contributed by atoms with E-state index in [1.54, 1.807) is 4.90 Å². The van der Waals surface area contributed by atoms with Crippen LogP contribution in [0.2, 0.25) is 0 Å². The lowest BCUT2D eigenvalue weighted by atomic mass is 9.95. The fraction of sp³-hybridized carbons (Fsp3) is 0.769. The van der Waals surface area contributed by atoms with Gasteiger partial charge in [-0.25, -0.2) is 13.4 Å². The third-order valence-electron chi connectivity index (χ3n) is 4.54. The molecule has 3 rings (SSSR count). The molecule has 1 atom stereocenters. The minimum absolute atomic E-state index is 0.0565. The Kier molecular flexibility index (Phi) is 4.18. The molecule has 1 amide bonds. The first kappa shape index (κ1) is 15.4. The average molecular weight is 327 g/mol. The van der Waals surface area contributed by atoms with E-state index in [2.05, 4.69) is 15.2 Å². The number of H-pyrrole nitrogens is 1. The SMILES string of the molecule is CS(=O)(=O)N1CCC[C@H]1C(=O)N1CCC(c2ncn[nH]2)CC1. The highest BCUT2D eigenvalue weighted by atomic mass is 32.2. The molecular weight excluding hydrogens is 306 g/mol. The Bertz CT molecular complexity index is 622. The molecule has 8 nitrogen and oxygen atoms in total. The number of nitrogens with one attached hydrogen (secondary N) is 1. The number of hydrogen-bond acceptors (Lipinski definition) is 5. The van der Waals surface area contributed by atoms with Crippen LogP contribution in [-0.2, 0) is 14.8 Å². The van der Waals surface area contributed by atoms with Gasteiger partial charge in [-0.2, -0.15) is 9.40 Å². The highest BCUT2D eigenvalue weighted by molar-refractivity contribution is 7.88. The second kappa shape index (κ2) is 5.96. The molecule has 9 heteroatoms. The van der Waals surface area contributed by atoms with Gasteiger partial charge < -0.3 is 4.90 Å². The van der Waals surface area contributed by atoms with Crippen LogP contribution in [0.15, 0.2) is 6.33 Å². The molecule has 1 N–H and O–H groups in total. The Morgan fingerprint density at radius 2 is 2.00 bits per heavy atom. The molecule has 0 saturated carbocycles. The maximum Gasteiger partial charge on any atom is 0.241 e. The van der Waals surface area contributed by atoms with Gasteiger partial charge in [-0.1, -0.05) is 0 Å². The first-order valence-electron chi connectivity index (χ1n) is 7.57. The Labute approximate surface area is 129 Å². The van der Waals surface area contributed by atoms with Gasteiger partial charge in [0.25, 0.3) is 0 Å². The first-order valence-corrected chi connectivity index (χ1v) is 9.42. The summed E-state index contributed by atoms with van der Waals surface area (Å²) in [5, 5.41) is 6.74. The maximum absolute atomic E-state index is 12.6. The van der Waals surface area contributed by atoms with E-state index in [-0.39, 0.29) is 5.91 Å². The van der Waals surface area contributed by atoms with Crippen LogP contribution in [0.4, 0.5) is 0 Å². The number of hydrogen-bond donors (Lipinski definition) is 1. The van der Waals surface area contributed by atoms with Gasteiger partial charge in [0.1, 0.15) is 18.2 Å². The van der Waals surface area contributed by atoms with Gasteiger partial charge in [0.05, 0.1) is 6.26 Å². The molecule has 0 aliphatic carbocycles. The highest BCUT2D eigenvalue weighted by Crippen LogP contribution is 2.28. The van der Waals surface area contributed by atoms with E-state index < -0.39 is 16.1 Å². The molecule has 1 aromatic rings. The molecule has 22 heavy (non-hydrogen) atoms. The van der Waals surface area contributed by atoms with E-state index in [4.69, 9.17) is 0 Å². The van der Waals surface area contributed by atoms with Crippen LogP contribution in [0.5, 0.6) is 0 Å². The predicted molar refractivity (Wildman–Crippen MR) is 79.5 cm³/mol. The van der Waals surface area contributed by atoms with Crippen molar-refractivity contribution in [3.8, 4) is 0 Å². The van der Waals surface area contributed by atoms with Gasteiger partial charge in [-0.15, -0.1) is 0 Å². The molecular formula is C13H21N5O3S. The van der Waals surface area contributed by atoms with Crippen LogP contribution < -0.4 is 0 Å². The number of aromatic amines is 1. The Hall–Kier alpha value is -1.48. The second-order valence-electron chi connectivity index (χ2n) is 6.00. The minimum atomic E-state index is -3.32. The summed E-state index contributed by atoms with van der Waals surface area (Å²) in [7, 11) is -3.32. The lowest BCUT2D eigenvalue weighted by molar-refractivity contribution is -0.135. The van der Waals surface area contributed by atoms with Crippen molar-refractivity contribution in [3.63, 3.8) is 0 Å². The van der Waals surface area contributed by atoms with Gasteiger partial charge >= 0.3 is 0 Å². The number of likely N-dealkylation sites (tertiary alicyclic amines) is 1. The summed E-state index contributed by atoms with van der Waals surface area (Å²) in [6.45, 7) is 1.72. The summed E-state index contributed by atoms with van der Waals surface area (Å²) in [5.74, 6) is 1.10. The molecule has 2 fully saturated rings. The Morgan fingerprint density at radius 1 is 1.27 bits per heavy atom. The van der Waals surface area contributed by atoms with Crippen molar-refractivity contribution < 1.29 is 13.2 Å². The monoisotopic (exact) mass is 327 g/mol. The van der Waals surface area contributed by atoms with Crippen LogP contribution in [0.3, 0.4) is 0 Å². The minimum Gasteiger partial charge on any atom is -0.341 e. The van der Waals surface area contributed by atoms with Crippen LogP contribution in [-0.4, -0.2) is 70.6 Å². The second-order valence-corrected chi connectivity index (χ2v) is 7.94. The number of piperidine rings is 1. The molecule has 2 aliphatic rings. The molecule has 1 aromatic heterocycles. The molecule has 3 heterocycles. The van der Waals surface area contributed by atoms with Crippen molar-refractivity contribution in [1.82, 2.24) is 24.4 Å². The van der Waals surface area contributed by atoms with Crippen molar-refractivity contribution in [3.05, 3.63) is 12.2 Å². The average Bonchev–Trinajstić information content (AvgIpc) is 3.17. The lowest BCUT2D eigenvalue weighted by Gasteiger charge is -2.34. The maximum atomic E-state index is 12.6. The summed E-state index contributed by atoms with van der Waals surface area (Å²) < 4.78 is 24.9. The summed E-state index contributed by atoms with van der Waals surface area (Å²) in [4.78, 5) is 18.6. The van der Waals surface area contributed by atoms with Gasteiger partial charge in [0.15, 0.2) is 0 Å². The topological polar surface area (TPSA) is 99.3 Å². The van der Waals surface area contributed by atoms with Crippen molar-refractivity contribution in [2.75, 3.05) is 25.9 Å². The largest absolute Gasteiger partial charge is 0.341 e. The zero-order chi connectivity index (χ0) is 15.7. The normalized spacial score (nSPS) is 24.8. The van der Waals surface area contributed by atoms with Gasteiger partial charge in [-0.05, 0) is 25.7 Å². The van der Waals surface area contributed by atoms with E-state index in [9.17, 15) is 13.2 Å². The highest BCUT2D eigenvalue weighted by Gasteiger charge is 2.39. The first-order chi connectivity index (χ1) is 10.5. The zero-order valence-corrected chi connectivity index (χ0v) is 13.4. The van der Waals surface area contributed by atoms with E-state index in [0.717, 1.165) is 25.1 Å². The number of amides is 1. The number of nitrogens with zero attached hydrogens (tertiary/aromatic N) is 4. The molecule has 2 saturated heterocycles. The molecule has 0 radical (unpaired) electrons. The zero-order valence-electron chi connectivity index (χ0n) is 12.6. The van der Waals surface area contributed by atoms with Crippen molar-refractivity contribution in [1.29, 1.82) is 0 Å². The van der Waals surface area contributed by atoms with Crippen molar-refractivity contribution >= 4 is 15.9 Å². The van der Waals surface area contributed by atoms with Gasteiger partial charge in [0, 0.05) is 25.6 Å². The van der Waals surface area contributed by atoms with E-state index in [1.165, 1.54) is 16.9 Å². The van der Waals surface area contributed by atoms with Crippen molar-refractivity contribution in [2.24, 2.45) is 0 Å². The fourth-order valence-corrected chi connectivity index (χ4v) is 4.50. The summed E-state index contributed by atoms with van der Waals surface area (Å²) >= 11 is 0. The third kappa shape index (κ3) is 3.00. The van der Waals surface area contributed by atoms with Crippen LogP contribution in [0.25, 0.3) is 0 Å². The van der Waals surface area contributed by atoms with Gasteiger partial charge in [0.2, 0.25) is 15.9 Å². The smallest absolute Gasteiger partial charge is 0.241 e. The lowest BCUT2D eigenvalue weighted by Crippen LogP contribution is -2.49. The Morgan fingerprint density at radius 3 is 2.59 bits per heavy atom. The van der Waals surface area contributed by atoms with E-state index in [1.807, 2.05) is 0 Å². The summed E-state index contributed by atoms with van der Waals surface area (Å²) in [6, 6.07) is -0.517. The number of aromatic nitrogens is 3. The quantitative estimate of drug-likeness (QED) is 0.838. The third-order valence-corrected chi connectivity index (χ3v) is 5.83. The van der Waals surface area contributed by atoms with E-state index in [0.29, 0.717) is 32.0 Å².